The molecule has 0 N–H and O–H groups in total. The zero-order chi connectivity index (χ0) is 13.0. The minimum atomic E-state index is -0.325. The van der Waals surface area contributed by atoms with Crippen LogP contribution in [-0.4, -0.2) is 23.7 Å². The first-order valence-corrected chi connectivity index (χ1v) is 7.33. The van der Waals surface area contributed by atoms with Crippen LogP contribution in [0.5, 0.6) is 5.88 Å². The number of thiazole rings is 1. The normalized spacial score (nSPS) is 16.6. The standard InChI is InChI=1S/C13H19NO3S/c1-3-16-13(15)11-12(14-9(2)18-11)17-10-7-5-4-6-8-10/h10H,3-8H2,1-2H3. The maximum atomic E-state index is 11.8. The minimum Gasteiger partial charge on any atom is -0.473 e. The molecule has 0 aliphatic heterocycles. The third-order valence-electron chi connectivity index (χ3n) is 2.99. The molecule has 0 amide bonds. The first kappa shape index (κ1) is 13.3. The number of ether oxygens (including phenoxy) is 2. The van der Waals surface area contributed by atoms with E-state index < -0.39 is 0 Å². The lowest BCUT2D eigenvalue weighted by Crippen LogP contribution is -2.21. The highest BCUT2D eigenvalue weighted by Crippen LogP contribution is 2.29. The fourth-order valence-electron chi connectivity index (χ4n) is 2.15. The van der Waals surface area contributed by atoms with Crippen LogP contribution in [0.15, 0.2) is 0 Å². The Morgan fingerprint density at radius 3 is 2.78 bits per heavy atom. The topological polar surface area (TPSA) is 48.4 Å². The first-order valence-electron chi connectivity index (χ1n) is 6.52. The zero-order valence-electron chi connectivity index (χ0n) is 10.9. The summed E-state index contributed by atoms with van der Waals surface area (Å²) in [6, 6.07) is 0. The third kappa shape index (κ3) is 3.22. The van der Waals surface area contributed by atoms with Gasteiger partial charge in [-0.1, -0.05) is 6.42 Å². The van der Waals surface area contributed by atoms with Crippen molar-refractivity contribution in [3.8, 4) is 5.88 Å². The fraction of sp³-hybridized carbons (Fsp3) is 0.692. The van der Waals surface area contributed by atoms with Crippen molar-refractivity contribution in [2.75, 3.05) is 6.61 Å². The third-order valence-corrected chi connectivity index (χ3v) is 3.93. The average Bonchev–Trinajstić information content (AvgIpc) is 2.72. The molecular formula is C13H19NO3S. The van der Waals surface area contributed by atoms with Gasteiger partial charge >= 0.3 is 5.97 Å². The highest BCUT2D eigenvalue weighted by atomic mass is 32.1. The van der Waals surface area contributed by atoms with E-state index in [0.29, 0.717) is 17.4 Å². The smallest absolute Gasteiger partial charge is 0.353 e. The number of carbonyl (C=O) groups excluding carboxylic acids is 1. The first-order chi connectivity index (χ1) is 8.70. The fourth-order valence-corrected chi connectivity index (χ4v) is 2.90. The molecule has 1 aliphatic carbocycles. The van der Waals surface area contributed by atoms with Gasteiger partial charge in [-0.05, 0) is 39.5 Å². The molecule has 4 nitrogen and oxygen atoms in total. The van der Waals surface area contributed by atoms with Gasteiger partial charge in [-0.25, -0.2) is 9.78 Å². The lowest BCUT2D eigenvalue weighted by Gasteiger charge is -2.22. The van der Waals surface area contributed by atoms with Gasteiger partial charge in [0.15, 0.2) is 4.88 Å². The van der Waals surface area contributed by atoms with Crippen LogP contribution >= 0.6 is 11.3 Å². The number of hydrogen-bond donors (Lipinski definition) is 0. The number of nitrogens with zero attached hydrogens (tertiary/aromatic N) is 1. The molecule has 0 saturated heterocycles. The molecule has 0 atom stereocenters. The van der Waals surface area contributed by atoms with Crippen LogP contribution in [0.4, 0.5) is 0 Å². The maximum absolute atomic E-state index is 11.8. The van der Waals surface area contributed by atoms with E-state index in [0.717, 1.165) is 17.8 Å². The largest absolute Gasteiger partial charge is 0.473 e. The zero-order valence-corrected chi connectivity index (χ0v) is 11.7. The predicted octanol–water partition coefficient (Wildman–Crippen LogP) is 3.34. The van der Waals surface area contributed by atoms with E-state index in [-0.39, 0.29) is 12.1 Å². The van der Waals surface area contributed by atoms with Crippen molar-refractivity contribution in [1.29, 1.82) is 0 Å². The molecule has 100 valence electrons. The SMILES string of the molecule is CCOC(=O)c1sc(C)nc1OC1CCCCC1. The second-order valence-electron chi connectivity index (χ2n) is 4.47. The number of aryl methyl sites for hydroxylation is 1. The summed E-state index contributed by atoms with van der Waals surface area (Å²) < 4.78 is 10.9. The Morgan fingerprint density at radius 2 is 2.11 bits per heavy atom. The van der Waals surface area contributed by atoms with Gasteiger partial charge in [0.25, 0.3) is 0 Å². The molecule has 0 aromatic carbocycles. The van der Waals surface area contributed by atoms with E-state index in [2.05, 4.69) is 4.98 Å². The number of rotatable bonds is 4. The number of aromatic nitrogens is 1. The van der Waals surface area contributed by atoms with Gasteiger partial charge in [-0.2, -0.15) is 0 Å². The predicted molar refractivity (Wildman–Crippen MR) is 70.3 cm³/mol. The van der Waals surface area contributed by atoms with E-state index in [4.69, 9.17) is 9.47 Å². The molecule has 18 heavy (non-hydrogen) atoms. The number of carbonyl (C=O) groups is 1. The Labute approximate surface area is 111 Å². The summed E-state index contributed by atoms with van der Waals surface area (Å²) in [7, 11) is 0. The van der Waals surface area contributed by atoms with Gasteiger partial charge in [0.05, 0.1) is 11.6 Å². The van der Waals surface area contributed by atoms with Crippen molar-refractivity contribution < 1.29 is 14.3 Å². The van der Waals surface area contributed by atoms with Crippen LogP contribution < -0.4 is 4.74 Å². The molecule has 1 aliphatic rings. The summed E-state index contributed by atoms with van der Waals surface area (Å²) in [5.41, 5.74) is 0. The number of esters is 1. The van der Waals surface area contributed by atoms with E-state index >= 15 is 0 Å². The van der Waals surface area contributed by atoms with Gasteiger partial charge in [0, 0.05) is 0 Å². The summed E-state index contributed by atoms with van der Waals surface area (Å²) in [6.07, 6.45) is 5.98. The van der Waals surface area contributed by atoms with Crippen molar-refractivity contribution in [1.82, 2.24) is 4.98 Å². The summed E-state index contributed by atoms with van der Waals surface area (Å²) in [4.78, 5) is 16.6. The maximum Gasteiger partial charge on any atom is 0.353 e. The second kappa shape index (κ2) is 6.18. The molecule has 1 heterocycles. The molecule has 1 aromatic rings. The molecule has 1 saturated carbocycles. The van der Waals surface area contributed by atoms with Crippen molar-refractivity contribution in [2.24, 2.45) is 0 Å². The average molecular weight is 269 g/mol. The molecule has 2 rings (SSSR count). The van der Waals surface area contributed by atoms with Crippen molar-refractivity contribution in [2.45, 2.75) is 52.1 Å². The monoisotopic (exact) mass is 269 g/mol. The van der Waals surface area contributed by atoms with Crippen LogP contribution in [0, 0.1) is 6.92 Å². The molecular weight excluding hydrogens is 250 g/mol. The Hall–Kier alpha value is -1.10. The second-order valence-corrected chi connectivity index (χ2v) is 5.67. The van der Waals surface area contributed by atoms with Gasteiger partial charge in [-0.15, -0.1) is 11.3 Å². The van der Waals surface area contributed by atoms with Crippen LogP contribution in [0.1, 0.15) is 53.7 Å². The quantitative estimate of drug-likeness (QED) is 0.787. The van der Waals surface area contributed by atoms with Gasteiger partial charge in [0.2, 0.25) is 5.88 Å². The van der Waals surface area contributed by atoms with E-state index in [1.54, 1.807) is 6.92 Å². The Kier molecular flexibility index (Phi) is 4.58. The van der Waals surface area contributed by atoms with Crippen molar-refractivity contribution in [3.63, 3.8) is 0 Å². The van der Waals surface area contributed by atoms with Crippen molar-refractivity contribution in [3.05, 3.63) is 9.88 Å². The van der Waals surface area contributed by atoms with Gasteiger partial charge in [0.1, 0.15) is 6.10 Å². The van der Waals surface area contributed by atoms with Crippen LogP contribution in [0.2, 0.25) is 0 Å². The van der Waals surface area contributed by atoms with Crippen LogP contribution in [-0.2, 0) is 4.74 Å². The van der Waals surface area contributed by atoms with Gasteiger partial charge in [-0.3, -0.25) is 0 Å². The molecule has 0 bridgehead atoms. The molecule has 0 radical (unpaired) electrons. The van der Waals surface area contributed by atoms with Crippen LogP contribution in [0.3, 0.4) is 0 Å². The lowest BCUT2D eigenvalue weighted by atomic mass is 9.98. The summed E-state index contributed by atoms with van der Waals surface area (Å²) in [5, 5.41) is 0.837. The number of hydrogen-bond acceptors (Lipinski definition) is 5. The Balaban J connectivity index is 2.08. The molecule has 0 spiro atoms. The van der Waals surface area contributed by atoms with E-state index in [9.17, 15) is 4.79 Å². The van der Waals surface area contributed by atoms with Gasteiger partial charge < -0.3 is 9.47 Å². The molecule has 5 heteroatoms. The molecule has 0 unspecified atom stereocenters. The Bertz CT molecular complexity index is 410. The van der Waals surface area contributed by atoms with E-state index in [1.165, 1.54) is 30.6 Å². The molecule has 1 aromatic heterocycles. The summed E-state index contributed by atoms with van der Waals surface area (Å²) >= 11 is 1.34. The van der Waals surface area contributed by atoms with Crippen LogP contribution in [0.25, 0.3) is 0 Å². The summed E-state index contributed by atoms with van der Waals surface area (Å²) in [6.45, 7) is 4.05. The highest BCUT2D eigenvalue weighted by molar-refractivity contribution is 7.13. The van der Waals surface area contributed by atoms with Crippen molar-refractivity contribution >= 4 is 17.3 Å². The Morgan fingerprint density at radius 1 is 1.39 bits per heavy atom. The van der Waals surface area contributed by atoms with E-state index in [1.807, 2.05) is 6.92 Å². The minimum absolute atomic E-state index is 0.202. The summed E-state index contributed by atoms with van der Waals surface area (Å²) in [5.74, 6) is 0.136. The molecule has 1 fully saturated rings. The highest BCUT2D eigenvalue weighted by Gasteiger charge is 2.23. The lowest BCUT2D eigenvalue weighted by molar-refractivity contribution is 0.0522.